The molecule has 0 saturated carbocycles. The van der Waals surface area contributed by atoms with Crippen LogP contribution in [0.15, 0.2) is 16.9 Å². The van der Waals surface area contributed by atoms with Crippen LogP contribution in [-0.4, -0.2) is 60.9 Å². The van der Waals surface area contributed by atoms with Crippen molar-refractivity contribution in [3.8, 4) is 0 Å². The molecular formula is C12H19Cl2F3N4O2. The van der Waals surface area contributed by atoms with Crippen LogP contribution in [0, 0.1) is 0 Å². The smallest absolute Gasteiger partial charge is 0.364 e. The van der Waals surface area contributed by atoms with E-state index in [-0.39, 0.29) is 31.2 Å². The number of carbonyl (C=O) groups is 1. The highest BCUT2D eigenvalue weighted by molar-refractivity contribution is 5.85. The van der Waals surface area contributed by atoms with Crippen molar-refractivity contribution in [2.75, 3.05) is 32.7 Å². The lowest BCUT2D eigenvalue weighted by Gasteiger charge is -2.35. The van der Waals surface area contributed by atoms with Gasteiger partial charge in [0, 0.05) is 38.8 Å². The quantitative estimate of drug-likeness (QED) is 0.800. The Balaban J connectivity index is 0.00000242. The maximum Gasteiger partial charge on any atom is 0.405 e. The molecule has 1 fully saturated rings. The van der Waals surface area contributed by atoms with E-state index < -0.39 is 24.7 Å². The third-order valence-corrected chi connectivity index (χ3v) is 3.30. The van der Waals surface area contributed by atoms with E-state index in [9.17, 15) is 18.0 Å². The van der Waals surface area contributed by atoms with Gasteiger partial charge in [0.15, 0.2) is 0 Å². The first-order chi connectivity index (χ1) is 9.97. The summed E-state index contributed by atoms with van der Waals surface area (Å²) in [6.45, 7) is 1.19. The van der Waals surface area contributed by atoms with Crippen LogP contribution >= 0.6 is 24.8 Å². The van der Waals surface area contributed by atoms with Gasteiger partial charge < -0.3 is 15.2 Å². The van der Waals surface area contributed by atoms with Crippen LogP contribution in [0.25, 0.3) is 0 Å². The second kappa shape index (κ2) is 9.96. The van der Waals surface area contributed by atoms with Crippen molar-refractivity contribution in [2.24, 2.45) is 0 Å². The zero-order chi connectivity index (χ0) is 15.3. The maximum atomic E-state index is 13.1. The average molecular weight is 379 g/mol. The highest BCUT2D eigenvalue weighted by Gasteiger charge is 2.43. The number of amides is 1. The summed E-state index contributed by atoms with van der Waals surface area (Å²) in [6, 6.07) is -0.169. The van der Waals surface area contributed by atoms with Crippen LogP contribution in [-0.2, 0) is 11.2 Å². The average Bonchev–Trinajstić information content (AvgIpc) is 2.91. The predicted molar refractivity (Wildman–Crippen MR) is 82.0 cm³/mol. The van der Waals surface area contributed by atoms with Crippen molar-refractivity contribution in [3.63, 3.8) is 0 Å². The third kappa shape index (κ3) is 6.94. The molecule has 134 valence electrons. The molecule has 0 aliphatic carbocycles. The highest BCUT2D eigenvalue weighted by atomic mass is 35.5. The van der Waals surface area contributed by atoms with Gasteiger partial charge in [0.05, 0.1) is 12.1 Å². The lowest BCUT2D eigenvalue weighted by molar-refractivity contribution is -0.184. The molecule has 11 heteroatoms. The number of nitrogens with one attached hydrogen (secondary N) is 2. The zero-order valence-electron chi connectivity index (χ0n) is 12.1. The molecule has 1 unspecified atom stereocenters. The fraction of sp³-hybridized carbons (Fsp3) is 0.667. The van der Waals surface area contributed by atoms with Gasteiger partial charge in [0.2, 0.25) is 5.91 Å². The van der Waals surface area contributed by atoms with E-state index in [1.54, 1.807) is 0 Å². The zero-order valence-corrected chi connectivity index (χ0v) is 13.8. The summed E-state index contributed by atoms with van der Waals surface area (Å²) in [5.74, 6) is -0.506. The Labute approximate surface area is 143 Å². The Morgan fingerprint density at radius 1 is 1.39 bits per heavy atom. The maximum absolute atomic E-state index is 13.1. The van der Waals surface area contributed by atoms with Crippen LogP contribution in [0.5, 0.6) is 0 Å². The summed E-state index contributed by atoms with van der Waals surface area (Å²) in [6.07, 6.45) is -3.16. The molecule has 1 amide bonds. The van der Waals surface area contributed by atoms with Crippen molar-refractivity contribution in [1.82, 2.24) is 20.7 Å². The number of piperazine rings is 1. The first kappa shape index (κ1) is 22.0. The molecule has 0 spiro atoms. The van der Waals surface area contributed by atoms with Crippen LogP contribution in [0.2, 0.25) is 0 Å². The Kier molecular flexibility index (Phi) is 9.52. The summed E-state index contributed by atoms with van der Waals surface area (Å²) in [5, 5.41) is 8.87. The first-order valence-electron chi connectivity index (χ1n) is 6.64. The second-order valence-electron chi connectivity index (χ2n) is 4.82. The van der Waals surface area contributed by atoms with Gasteiger partial charge in [-0.05, 0) is 0 Å². The van der Waals surface area contributed by atoms with Crippen LogP contribution in [0.1, 0.15) is 5.69 Å². The molecule has 0 bridgehead atoms. The van der Waals surface area contributed by atoms with Crippen molar-refractivity contribution in [1.29, 1.82) is 0 Å². The summed E-state index contributed by atoms with van der Waals surface area (Å²) in [7, 11) is 0. The lowest BCUT2D eigenvalue weighted by Crippen LogP contribution is -2.57. The molecule has 2 heterocycles. The molecule has 1 aromatic heterocycles. The monoisotopic (exact) mass is 378 g/mol. The van der Waals surface area contributed by atoms with E-state index in [1.165, 1.54) is 17.2 Å². The molecule has 0 aromatic carbocycles. The number of hydrogen-bond acceptors (Lipinski definition) is 5. The number of carbonyl (C=O) groups excluding carboxylic acids is 1. The van der Waals surface area contributed by atoms with Gasteiger partial charge in [0.1, 0.15) is 12.3 Å². The first-order valence-corrected chi connectivity index (χ1v) is 6.64. The standard InChI is InChI=1S/C12H17F3N4O2.2ClH/c13-12(14,15)10(19-4-2-16-3-5-19)8-17-11(20)7-9-1-6-21-18-9;;/h1,6,10,16H,2-5,7-8H2,(H,17,20);2*1H. The van der Waals surface area contributed by atoms with E-state index in [2.05, 4.69) is 20.3 Å². The van der Waals surface area contributed by atoms with E-state index in [4.69, 9.17) is 0 Å². The summed E-state index contributed by atoms with van der Waals surface area (Å²) < 4.78 is 43.8. The van der Waals surface area contributed by atoms with Crippen molar-refractivity contribution < 1.29 is 22.5 Å². The van der Waals surface area contributed by atoms with Crippen molar-refractivity contribution in [2.45, 2.75) is 18.6 Å². The minimum Gasteiger partial charge on any atom is -0.364 e. The number of nitrogens with zero attached hydrogens (tertiary/aromatic N) is 2. The van der Waals surface area contributed by atoms with Gasteiger partial charge in [-0.15, -0.1) is 24.8 Å². The van der Waals surface area contributed by atoms with E-state index in [0.29, 0.717) is 31.9 Å². The number of halogens is 5. The Morgan fingerprint density at radius 3 is 2.57 bits per heavy atom. The summed E-state index contributed by atoms with van der Waals surface area (Å²) in [5.41, 5.74) is 0.387. The molecule has 1 aromatic rings. The fourth-order valence-electron chi connectivity index (χ4n) is 2.21. The van der Waals surface area contributed by atoms with Gasteiger partial charge in [-0.3, -0.25) is 9.69 Å². The normalized spacial score (nSPS) is 16.8. The minimum absolute atomic E-state index is 0. The van der Waals surface area contributed by atoms with Crippen molar-refractivity contribution >= 4 is 30.7 Å². The largest absolute Gasteiger partial charge is 0.405 e. The Hall–Kier alpha value is -1.03. The molecule has 1 atom stereocenters. The fourth-order valence-corrected chi connectivity index (χ4v) is 2.21. The third-order valence-electron chi connectivity index (χ3n) is 3.30. The molecule has 1 aliphatic heterocycles. The van der Waals surface area contributed by atoms with Gasteiger partial charge in [-0.2, -0.15) is 13.2 Å². The van der Waals surface area contributed by atoms with E-state index >= 15 is 0 Å². The van der Waals surface area contributed by atoms with Gasteiger partial charge in [-0.1, -0.05) is 5.16 Å². The van der Waals surface area contributed by atoms with E-state index in [0.717, 1.165) is 0 Å². The molecular weight excluding hydrogens is 360 g/mol. The number of alkyl halides is 3. The molecule has 1 saturated heterocycles. The number of rotatable bonds is 5. The van der Waals surface area contributed by atoms with Gasteiger partial charge in [-0.25, -0.2) is 0 Å². The van der Waals surface area contributed by atoms with Crippen LogP contribution in [0.4, 0.5) is 13.2 Å². The SMILES string of the molecule is Cl.Cl.O=C(Cc1ccon1)NCC(N1CCNCC1)C(F)(F)F. The second-order valence-corrected chi connectivity index (χ2v) is 4.82. The van der Waals surface area contributed by atoms with Crippen molar-refractivity contribution in [3.05, 3.63) is 18.0 Å². The molecule has 2 N–H and O–H groups in total. The highest BCUT2D eigenvalue weighted by Crippen LogP contribution is 2.24. The molecule has 2 rings (SSSR count). The van der Waals surface area contributed by atoms with Gasteiger partial charge in [0.25, 0.3) is 0 Å². The van der Waals surface area contributed by atoms with Gasteiger partial charge >= 0.3 is 6.18 Å². The van der Waals surface area contributed by atoms with Crippen LogP contribution in [0.3, 0.4) is 0 Å². The number of hydrogen-bond donors (Lipinski definition) is 2. The summed E-state index contributed by atoms with van der Waals surface area (Å²) >= 11 is 0. The Bertz CT molecular complexity index is 454. The molecule has 0 radical (unpaired) electrons. The lowest BCUT2D eigenvalue weighted by atomic mass is 10.2. The molecule has 1 aliphatic rings. The Morgan fingerprint density at radius 2 is 2.04 bits per heavy atom. The summed E-state index contributed by atoms with van der Waals surface area (Å²) in [4.78, 5) is 13.0. The molecule has 6 nitrogen and oxygen atoms in total. The minimum atomic E-state index is -4.38. The topological polar surface area (TPSA) is 70.4 Å². The molecule has 23 heavy (non-hydrogen) atoms. The number of aromatic nitrogens is 1. The predicted octanol–water partition coefficient (Wildman–Crippen LogP) is 1.01. The van der Waals surface area contributed by atoms with Crippen LogP contribution < -0.4 is 10.6 Å². The van der Waals surface area contributed by atoms with E-state index in [1.807, 2.05) is 0 Å².